The molecule has 3 rings (SSSR count). The van der Waals surface area contributed by atoms with Crippen LogP contribution in [0.25, 0.3) is 0 Å². The second-order valence-electron chi connectivity index (χ2n) is 7.02. The number of anilines is 2. The molecule has 0 atom stereocenters. The molecule has 0 radical (unpaired) electrons. The zero-order chi connectivity index (χ0) is 21.3. The van der Waals surface area contributed by atoms with Crippen LogP contribution in [0.5, 0.6) is 0 Å². The van der Waals surface area contributed by atoms with E-state index in [1.807, 2.05) is 33.8 Å². The fourth-order valence-electron chi connectivity index (χ4n) is 3.13. The van der Waals surface area contributed by atoms with Gasteiger partial charge in [-0.3, -0.25) is 9.52 Å². The number of amides is 1. The van der Waals surface area contributed by atoms with Crippen molar-refractivity contribution in [1.82, 2.24) is 5.16 Å². The molecule has 0 fully saturated rings. The van der Waals surface area contributed by atoms with Gasteiger partial charge < -0.3 is 9.84 Å². The predicted octanol–water partition coefficient (Wildman–Crippen LogP) is 4.27. The molecule has 2 aromatic carbocycles. The summed E-state index contributed by atoms with van der Waals surface area (Å²) >= 11 is 0. The molecule has 0 aliphatic heterocycles. The summed E-state index contributed by atoms with van der Waals surface area (Å²) in [5, 5.41) is 6.31. The van der Waals surface area contributed by atoms with Crippen molar-refractivity contribution in [2.75, 3.05) is 10.0 Å². The van der Waals surface area contributed by atoms with E-state index < -0.39 is 10.0 Å². The quantitative estimate of drug-likeness (QED) is 0.650. The summed E-state index contributed by atoms with van der Waals surface area (Å²) in [4.78, 5) is 12.5. The van der Waals surface area contributed by atoms with E-state index in [1.54, 1.807) is 31.2 Å². The van der Waals surface area contributed by atoms with Crippen molar-refractivity contribution in [3.8, 4) is 0 Å². The Morgan fingerprint density at radius 2 is 1.48 bits per heavy atom. The van der Waals surface area contributed by atoms with Gasteiger partial charge in [-0.05, 0) is 81.1 Å². The summed E-state index contributed by atoms with van der Waals surface area (Å²) in [5.74, 6) is 0.0737. The van der Waals surface area contributed by atoms with Crippen molar-refractivity contribution in [2.24, 2.45) is 0 Å². The van der Waals surface area contributed by atoms with Crippen molar-refractivity contribution in [3.63, 3.8) is 0 Å². The SMILES string of the molecule is Cc1cc(C)c(C)c(S(=O)(=O)Nc2ccc(NC(=O)c3cnoc3C)cc2)c1C. The number of benzene rings is 2. The van der Waals surface area contributed by atoms with Gasteiger partial charge in [0.05, 0.1) is 11.1 Å². The van der Waals surface area contributed by atoms with E-state index in [9.17, 15) is 13.2 Å². The minimum absolute atomic E-state index is 0.301. The molecule has 3 aromatic rings. The number of carbonyl (C=O) groups excluding carboxylic acids is 1. The van der Waals surface area contributed by atoms with Crippen LogP contribution in [0.1, 0.15) is 38.4 Å². The molecule has 2 N–H and O–H groups in total. The maximum Gasteiger partial charge on any atom is 0.262 e. The number of sulfonamides is 1. The maximum atomic E-state index is 13.0. The first-order chi connectivity index (χ1) is 13.6. The molecule has 0 aliphatic rings. The van der Waals surface area contributed by atoms with E-state index in [0.717, 1.165) is 22.3 Å². The first-order valence-electron chi connectivity index (χ1n) is 9.03. The van der Waals surface area contributed by atoms with Crippen LogP contribution < -0.4 is 10.0 Å². The van der Waals surface area contributed by atoms with Crippen LogP contribution in [0.4, 0.5) is 11.4 Å². The van der Waals surface area contributed by atoms with E-state index in [0.29, 0.717) is 27.6 Å². The number of nitrogens with one attached hydrogen (secondary N) is 2. The Labute approximate surface area is 170 Å². The van der Waals surface area contributed by atoms with Crippen LogP contribution >= 0.6 is 0 Å². The minimum atomic E-state index is -3.75. The van der Waals surface area contributed by atoms with Gasteiger partial charge in [0.25, 0.3) is 15.9 Å². The number of nitrogens with zero attached hydrogens (tertiary/aromatic N) is 1. The molecule has 0 bridgehead atoms. The molecule has 7 nitrogen and oxygen atoms in total. The smallest absolute Gasteiger partial charge is 0.262 e. The number of hydrogen-bond donors (Lipinski definition) is 2. The molecule has 1 aromatic heterocycles. The molecular formula is C21H23N3O4S. The maximum absolute atomic E-state index is 13.0. The zero-order valence-electron chi connectivity index (χ0n) is 17.0. The van der Waals surface area contributed by atoms with E-state index in [-0.39, 0.29) is 5.91 Å². The van der Waals surface area contributed by atoms with E-state index in [4.69, 9.17) is 4.52 Å². The predicted molar refractivity (Wildman–Crippen MR) is 112 cm³/mol. The Morgan fingerprint density at radius 1 is 0.931 bits per heavy atom. The van der Waals surface area contributed by atoms with Crippen molar-refractivity contribution < 1.29 is 17.7 Å². The normalized spacial score (nSPS) is 11.3. The van der Waals surface area contributed by atoms with Gasteiger partial charge in [0.15, 0.2) is 0 Å². The lowest BCUT2D eigenvalue weighted by Gasteiger charge is -2.17. The molecule has 0 unspecified atom stereocenters. The fourth-order valence-corrected chi connectivity index (χ4v) is 4.80. The minimum Gasteiger partial charge on any atom is -0.361 e. The number of aryl methyl sites for hydroxylation is 3. The molecule has 1 amide bonds. The summed E-state index contributed by atoms with van der Waals surface area (Å²) < 4.78 is 33.5. The summed E-state index contributed by atoms with van der Waals surface area (Å²) in [7, 11) is -3.75. The van der Waals surface area contributed by atoms with Crippen LogP contribution in [0.3, 0.4) is 0 Å². The standard InChI is InChI=1S/C21H23N3O4S/c1-12-10-13(2)15(4)20(14(12)3)29(26,27)24-18-8-6-17(7-9-18)23-21(25)19-11-22-28-16(19)5/h6-11,24H,1-5H3,(H,23,25). The largest absolute Gasteiger partial charge is 0.361 e. The highest BCUT2D eigenvalue weighted by molar-refractivity contribution is 7.92. The molecule has 0 saturated heterocycles. The Hall–Kier alpha value is -3.13. The molecule has 0 aliphatic carbocycles. The average molecular weight is 413 g/mol. The summed E-state index contributed by atoms with van der Waals surface area (Å²) in [6.07, 6.45) is 1.35. The van der Waals surface area contributed by atoms with Gasteiger partial charge in [-0.15, -0.1) is 0 Å². The Balaban J connectivity index is 1.81. The molecule has 29 heavy (non-hydrogen) atoms. The summed E-state index contributed by atoms with van der Waals surface area (Å²) in [5.41, 5.74) is 4.59. The fraction of sp³-hybridized carbons (Fsp3) is 0.238. The van der Waals surface area contributed by atoms with E-state index in [1.165, 1.54) is 6.20 Å². The number of aromatic nitrogens is 1. The molecule has 1 heterocycles. The first kappa shape index (κ1) is 20.6. The molecule has 0 spiro atoms. The Kier molecular flexibility index (Phi) is 5.48. The van der Waals surface area contributed by atoms with Gasteiger partial charge in [-0.25, -0.2) is 8.42 Å². The molecule has 152 valence electrons. The second kappa shape index (κ2) is 7.71. The van der Waals surface area contributed by atoms with E-state index in [2.05, 4.69) is 15.2 Å². The average Bonchev–Trinajstić information content (AvgIpc) is 3.07. The lowest BCUT2D eigenvalue weighted by molar-refractivity contribution is 0.102. The van der Waals surface area contributed by atoms with Crippen molar-refractivity contribution in [1.29, 1.82) is 0 Å². The van der Waals surface area contributed by atoms with Crippen LogP contribution in [-0.2, 0) is 10.0 Å². The van der Waals surface area contributed by atoms with Crippen LogP contribution in [-0.4, -0.2) is 19.5 Å². The molecule has 0 saturated carbocycles. The highest BCUT2D eigenvalue weighted by Gasteiger charge is 2.22. The lowest BCUT2D eigenvalue weighted by atomic mass is 10.0. The summed E-state index contributed by atoms with van der Waals surface area (Å²) in [6.45, 7) is 9.06. The van der Waals surface area contributed by atoms with Gasteiger partial charge in [0.2, 0.25) is 0 Å². The van der Waals surface area contributed by atoms with Crippen molar-refractivity contribution in [2.45, 2.75) is 39.5 Å². The monoisotopic (exact) mass is 413 g/mol. The highest BCUT2D eigenvalue weighted by Crippen LogP contribution is 2.28. The number of hydrogen-bond acceptors (Lipinski definition) is 5. The third-order valence-electron chi connectivity index (χ3n) is 4.96. The second-order valence-corrected chi connectivity index (χ2v) is 8.64. The molecule has 8 heteroatoms. The topological polar surface area (TPSA) is 101 Å². The number of rotatable bonds is 5. The zero-order valence-corrected chi connectivity index (χ0v) is 17.8. The van der Waals surface area contributed by atoms with Gasteiger partial charge in [-0.1, -0.05) is 11.2 Å². The van der Waals surface area contributed by atoms with Gasteiger partial charge in [0, 0.05) is 11.4 Å². The van der Waals surface area contributed by atoms with Gasteiger partial charge >= 0.3 is 0 Å². The highest BCUT2D eigenvalue weighted by atomic mass is 32.2. The van der Waals surface area contributed by atoms with Gasteiger partial charge in [0.1, 0.15) is 11.3 Å². The third-order valence-corrected chi connectivity index (χ3v) is 6.61. The van der Waals surface area contributed by atoms with Gasteiger partial charge in [-0.2, -0.15) is 0 Å². The Morgan fingerprint density at radius 3 is 2.00 bits per heavy atom. The number of carbonyl (C=O) groups is 1. The summed E-state index contributed by atoms with van der Waals surface area (Å²) in [6, 6.07) is 8.43. The third kappa shape index (κ3) is 4.17. The Bertz CT molecular complexity index is 1150. The lowest BCUT2D eigenvalue weighted by Crippen LogP contribution is -2.17. The van der Waals surface area contributed by atoms with Crippen molar-refractivity contribution in [3.05, 3.63) is 70.1 Å². The first-order valence-corrected chi connectivity index (χ1v) is 10.5. The van der Waals surface area contributed by atoms with Crippen LogP contribution in [0.15, 0.2) is 45.9 Å². The van der Waals surface area contributed by atoms with Crippen LogP contribution in [0, 0.1) is 34.6 Å². The van der Waals surface area contributed by atoms with Crippen LogP contribution in [0.2, 0.25) is 0 Å². The van der Waals surface area contributed by atoms with E-state index >= 15 is 0 Å². The van der Waals surface area contributed by atoms with Crippen molar-refractivity contribution >= 4 is 27.3 Å². The molecular weight excluding hydrogens is 390 g/mol.